The van der Waals surface area contributed by atoms with Gasteiger partial charge in [-0.1, -0.05) is 36.4 Å². The topological polar surface area (TPSA) is 40.6 Å². The molecule has 0 bridgehead atoms. The van der Waals surface area contributed by atoms with Crippen molar-refractivity contribution in [2.45, 2.75) is 12.8 Å². The summed E-state index contributed by atoms with van der Waals surface area (Å²) in [7, 11) is 0. The molecule has 4 nitrogen and oxygen atoms in total. The van der Waals surface area contributed by atoms with E-state index in [1.54, 1.807) is 11.3 Å². The molecule has 1 aromatic carbocycles. The molecule has 0 radical (unpaired) electrons. The van der Waals surface area contributed by atoms with E-state index in [1.165, 1.54) is 4.88 Å². The van der Waals surface area contributed by atoms with E-state index >= 15 is 0 Å². The molecule has 2 heterocycles. The molecule has 1 aliphatic heterocycles. The largest absolute Gasteiger partial charge is 0.340 e. The number of hydrogen-bond acceptors (Lipinski definition) is 4. The SMILES string of the molecule is O=C(CN1CCN(C(=O)CCc2cccs2)CC1)c1ccccc1. The van der Waals surface area contributed by atoms with Gasteiger partial charge in [0.15, 0.2) is 5.78 Å². The molecule has 0 saturated carbocycles. The Morgan fingerprint density at radius 1 is 0.958 bits per heavy atom. The number of thiophene rings is 1. The van der Waals surface area contributed by atoms with Gasteiger partial charge < -0.3 is 4.90 Å². The number of carbonyl (C=O) groups excluding carboxylic acids is 2. The summed E-state index contributed by atoms with van der Waals surface area (Å²) in [5.41, 5.74) is 0.756. The monoisotopic (exact) mass is 342 g/mol. The summed E-state index contributed by atoms with van der Waals surface area (Å²) in [5.74, 6) is 0.366. The molecule has 0 atom stereocenters. The highest BCUT2D eigenvalue weighted by molar-refractivity contribution is 7.09. The molecule has 0 unspecified atom stereocenters. The maximum Gasteiger partial charge on any atom is 0.223 e. The standard InChI is InChI=1S/C19H22N2O2S/c22-18(16-5-2-1-3-6-16)15-20-10-12-21(13-11-20)19(23)9-8-17-7-4-14-24-17/h1-7,14H,8-13,15H2. The first-order valence-corrected chi connectivity index (χ1v) is 9.21. The lowest BCUT2D eigenvalue weighted by molar-refractivity contribution is -0.132. The molecule has 1 amide bonds. The number of carbonyl (C=O) groups is 2. The van der Waals surface area contributed by atoms with Crippen LogP contribution in [0.5, 0.6) is 0 Å². The van der Waals surface area contributed by atoms with Crippen molar-refractivity contribution in [1.29, 1.82) is 0 Å². The third-order valence-corrected chi connectivity index (χ3v) is 5.29. The van der Waals surface area contributed by atoms with Crippen LogP contribution in [0.1, 0.15) is 21.7 Å². The van der Waals surface area contributed by atoms with Crippen LogP contribution in [0.3, 0.4) is 0 Å². The first-order chi connectivity index (χ1) is 11.7. The Morgan fingerprint density at radius 3 is 2.38 bits per heavy atom. The highest BCUT2D eigenvalue weighted by atomic mass is 32.1. The van der Waals surface area contributed by atoms with E-state index in [2.05, 4.69) is 11.0 Å². The van der Waals surface area contributed by atoms with Gasteiger partial charge in [0.2, 0.25) is 5.91 Å². The summed E-state index contributed by atoms with van der Waals surface area (Å²) < 4.78 is 0. The normalized spacial score (nSPS) is 15.4. The zero-order valence-electron chi connectivity index (χ0n) is 13.7. The molecule has 0 aliphatic carbocycles. The average Bonchev–Trinajstić information content (AvgIpc) is 3.14. The molecule has 24 heavy (non-hydrogen) atoms. The Hall–Kier alpha value is -1.98. The fraction of sp³-hybridized carbons (Fsp3) is 0.368. The third kappa shape index (κ3) is 4.52. The van der Waals surface area contributed by atoms with E-state index in [9.17, 15) is 9.59 Å². The average molecular weight is 342 g/mol. The number of piperazine rings is 1. The fourth-order valence-electron chi connectivity index (χ4n) is 2.92. The third-order valence-electron chi connectivity index (χ3n) is 4.35. The second kappa shape index (κ2) is 8.22. The van der Waals surface area contributed by atoms with Crippen molar-refractivity contribution >= 4 is 23.0 Å². The number of Topliss-reactive ketones (excluding diaryl/α,β-unsaturated/α-hetero) is 1. The van der Waals surface area contributed by atoms with E-state index in [1.807, 2.05) is 46.7 Å². The van der Waals surface area contributed by atoms with Crippen LogP contribution in [0.2, 0.25) is 0 Å². The van der Waals surface area contributed by atoms with Gasteiger partial charge in [0, 0.05) is 43.0 Å². The van der Waals surface area contributed by atoms with Gasteiger partial charge in [-0.25, -0.2) is 0 Å². The zero-order chi connectivity index (χ0) is 16.8. The molecule has 2 aromatic rings. The van der Waals surface area contributed by atoms with Crippen LogP contribution in [-0.4, -0.2) is 54.2 Å². The Balaban J connectivity index is 1.42. The predicted octanol–water partition coefficient (Wildman–Crippen LogP) is 2.71. The van der Waals surface area contributed by atoms with Gasteiger partial charge in [0.1, 0.15) is 0 Å². The molecule has 126 valence electrons. The minimum atomic E-state index is 0.146. The minimum Gasteiger partial charge on any atom is -0.340 e. The van der Waals surface area contributed by atoms with Gasteiger partial charge in [-0.3, -0.25) is 14.5 Å². The van der Waals surface area contributed by atoms with Crippen molar-refractivity contribution in [2.75, 3.05) is 32.7 Å². The molecule has 3 rings (SSSR count). The summed E-state index contributed by atoms with van der Waals surface area (Å²) in [4.78, 5) is 29.9. The van der Waals surface area contributed by atoms with Crippen LogP contribution in [-0.2, 0) is 11.2 Å². The van der Waals surface area contributed by atoms with E-state index in [0.29, 0.717) is 26.1 Å². The van der Waals surface area contributed by atoms with Crippen LogP contribution in [0, 0.1) is 0 Å². The molecule has 1 aliphatic rings. The molecule has 1 saturated heterocycles. The number of aryl methyl sites for hydroxylation is 1. The highest BCUT2D eigenvalue weighted by Gasteiger charge is 2.22. The van der Waals surface area contributed by atoms with Crippen LogP contribution in [0.25, 0.3) is 0 Å². The van der Waals surface area contributed by atoms with Crippen molar-refractivity contribution < 1.29 is 9.59 Å². The van der Waals surface area contributed by atoms with E-state index in [0.717, 1.165) is 25.1 Å². The molecule has 5 heteroatoms. The van der Waals surface area contributed by atoms with Gasteiger partial charge in [0.25, 0.3) is 0 Å². The molecule has 1 aromatic heterocycles. The van der Waals surface area contributed by atoms with Crippen LogP contribution in [0.4, 0.5) is 0 Å². The molecular weight excluding hydrogens is 320 g/mol. The Kier molecular flexibility index (Phi) is 5.77. The summed E-state index contributed by atoms with van der Waals surface area (Å²) in [5, 5.41) is 2.04. The maximum atomic E-state index is 12.3. The number of rotatable bonds is 6. The number of amides is 1. The lowest BCUT2D eigenvalue weighted by atomic mass is 10.1. The lowest BCUT2D eigenvalue weighted by Crippen LogP contribution is -2.49. The quantitative estimate of drug-likeness (QED) is 0.758. The Bertz CT molecular complexity index is 662. The summed E-state index contributed by atoms with van der Waals surface area (Å²) in [6.45, 7) is 3.39. The smallest absolute Gasteiger partial charge is 0.223 e. The predicted molar refractivity (Wildman–Crippen MR) is 96.4 cm³/mol. The highest BCUT2D eigenvalue weighted by Crippen LogP contribution is 2.13. The summed E-state index contributed by atoms with van der Waals surface area (Å²) >= 11 is 1.70. The van der Waals surface area contributed by atoms with Crippen molar-refractivity contribution in [3.8, 4) is 0 Å². The van der Waals surface area contributed by atoms with E-state index < -0.39 is 0 Å². The van der Waals surface area contributed by atoms with Gasteiger partial charge in [-0.05, 0) is 17.9 Å². The first kappa shape index (κ1) is 16.9. The summed E-state index contributed by atoms with van der Waals surface area (Å²) in [6.07, 6.45) is 1.40. The van der Waals surface area contributed by atoms with Crippen molar-refractivity contribution in [3.05, 3.63) is 58.3 Å². The Morgan fingerprint density at radius 2 is 1.71 bits per heavy atom. The van der Waals surface area contributed by atoms with Gasteiger partial charge in [0.05, 0.1) is 6.54 Å². The van der Waals surface area contributed by atoms with Gasteiger partial charge in [-0.2, -0.15) is 0 Å². The van der Waals surface area contributed by atoms with Crippen LogP contribution >= 0.6 is 11.3 Å². The molecule has 1 fully saturated rings. The van der Waals surface area contributed by atoms with Crippen LogP contribution in [0.15, 0.2) is 47.8 Å². The van der Waals surface area contributed by atoms with Crippen molar-refractivity contribution in [2.24, 2.45) is 0 Å². The van der Waals surface area contributed by atoms with Gasteiger partial charge in [-0.15, -0.1) is 11.3 Å². The lowest BCUT2D eigenvalue weighted by Gasteiger charge is -2.34. The second-order valence-corrected chi connectivity index (χ2v) is 7.06. The Labute approximate surface area is 146 Å². The minimum absolute atomic E-state index is 0.146. The molecule has 0 N–H and O–H groups in total. The molecule has 0 spiro atoms. The maximum absolute atomic E-state index is 12.3. The number of nitrogens with zero attached hydrogens (tertiary/aromatic N) is 2. The number of benzene rings is 1. The first-order valence-electron chi connectivity index (χ1n) is 8.33. The number of ketones is 1. The van der Waals surface area contributed by atoms with Crippen molar-refractivity contribution in [3.63, 3.8) is 0 Å². The van der Waals surface area contributed by atoms with Crippen LogP contribution < -0.4 is 0 Å². The van der Waals surface area contributed by atoms with E-state index in [4.69, 9.17) is 0 Å². The van der Waals surface area contributed by atoms with Crippen molar-refractivity contribution in [1.82, 2.24) is 9.80 Å². The molecular formula is C19H22N2O2S. The second-order valence-electron chi connectivity index (χ2n) is 6.03. The summed E-state index contributed by atoms with van der Waals surface area (Å²) in [6, 6.07) is 13.5. The van der Waals surface area contributed by atoms with Gasteiger partial charge >= 0.3 is 0 Å². The number of hydrogen-bond donors (Lipinski definition) is 0. The van der Waals surface area contributed by atoms with E-state index in [-0.39, 0.29) is 11.7 Å². The zero-order valence-corrected chi connectivity index (χ0v) is 14.5. The fourth-order valence-corrected chi connectivity index (χ4v) is 3.63.